The number of nitro benzene ring substituents is 1. The fourth-order valence-corrected chi connectivity index (χ4v) is 3.50. The van der Waals surface area contributed by atoms with Gasteiger partial charge in [0.2, 0.25) is 5.91 Å². The molecular weight excluding hydrogens is 320 g/mol. The van der Waals surface area contributed by atoms with E-state index in [4.69, 9.17) is 0 Å². The number of rotatable bonds is 3. The summed E-state index contributed by atoms with van der Waals surface area (Å²) >= 11 is 0. The molecule has 2 heterocycles. The lowest BCUT2D eigenvalue weighted by molar-refractivity contribution is -0.383. The van der Waals surface area contributed by atoms with E-state index in [9.17, 15) is 14.9 Å². The number of anilines is 1. The molecule has 1 aliphatic heterocycles. The SMILES string of the molecule is CC(=O)N(C)C1CCN(c2cc(C)nc3c([N+](=O)[O-])cccc23)CC1. The van der Waals surface area contributed by atoms with Crippen molar-refractivity contribution >= 4 is 28.2 Å². The fraction of sp³-hybridized carbons (Fsp3) is 0.444. The highest BCUT2D eigenvalue weighted by Crippen LogP contribution is 2.33. The van der Waals surface area contributed by atoms with Crippen LogP contribution in [0.3, 0.4) is 0 Å². The first-order valence-electron chi connectivity index (χ1n) is 8.41. The van der Waals surface area contributed by atoms with E-state index in [1.54, 1.807) is 17.9 Å². The number of piperidine rings is 1. The number of amides is 1. The van der Waals surface area contributed by atoms with Crippen LogP contribution >= 0.6 is 0 Å². The maximum Gasteiger partial charge on any atom is 0.295 e. The number of pyridine rings is 1. The largest absolute Gasteiger partial charge is 0.371 e. The summed E-state index contributed by atoms with van der Waals surface area (Å²) in [6.07, 6.45) is 1.77. The highest BCUT2D eigenvalue weighted by molar-refractivity contribution is 5.97. The molecule has 25 heavy (non-hydrogen) atoms. The number of fused-ring (bicyclic) bond motifs is 1. The first-order valence-corrected chi connectivity index (χ1v) is 8.41. The van der Waals surface area contributed by atoms with Gasteiger partial charge in [0, 0.05) is 55.9 Å². The van der Waals surface area contributed by atoms with E-state index >= 15 is 0 Å². The Morgan fingerprint density at radius 3 is 2.64 bits per heavy atom. The first kappa shape index (κ1) is 17.1. The summed E-state index contributed by atoms with van der Waals surface area (Å²) in [5, 5.41) is 12.1. The van der Waals surface area contributed by atoms with Crippen LogP contribution in [-0.4, -0.2) is 46.9 Å². The summed E-state index contributed by atoms with van der Waals surface area (Å²) in [6.45, 7) is 5.06. The lowest BCUT2D eigenvalue weighted by Crippen LogP contribution is -2.45. The molecule has 3 rings (SSSR count). The zero-order valence-corrected chi connectivity index (χ0v) is 14.7. The number of hydrogen-bond acceptors (Lipinski definition) is 5. The Bertz CT molecular complexity index is 828. The van der Waals surface area contributed by atoms with Crippen molar-refractivity contribution < 1.29 is 9.72 Å². The third kappa shape index (κ3) is 3.26. The quantitative estimate of drug-likeness (QED) is 0.633. The standard InChI is InChI=1S/C18H22N4O3/c1-12-11-17(15-5-4-6-16(22(24)25)18(15)19-12)21-9-7-14(8-10-21)20(3)13(2)23/h4-6,11,14H,7-10H2,1-3H3. The molecule has 1 aliphatic rings. The molecule has 0 bridgehead atoms. The Hall–Kier alpha value is -2.70. The van der Waals surface area contributed by atoms with Gasteiger partial charge < -0.3 is 9.80 Å². The van der Waals surface area contributed by atoms with Gasteiger partial charge in [-0.3, -0.25) is 14.9 Å². The van der Waals surface area contributed by atoms with E-state index in [0.717, 1.165) is 42.7 Å². The summed E-state index contributed by atoms with van der Waals surface area (Å²) in [5.41, 5.74) is 2.22. The van der Waals surface area contributed by atoms with Crippen LogP contribution in [0.4, 0.5) is 11.4 Å². The number of nitrogens with zero attached hydrogens (tertiary/aromatic N) is 4. The zero-order chi connectivity index (χ0) is 18.1. The van der Waals surface area contributed by atoms with Crippen molar-refractivity contribution in [1.29, 1.82) is 0 Å². The van der Waals surface area contributed by atoms with Gasteiger partial charge in [0.25, 0.3) is 5.69 Å². The number of carbonyl (C=O) groups excluding carboxylic acids is 1. The second-order valence-electron chi connectivity index (χ2n) is 6.56. The molecule has 1 amide bonds. The Kier molecular flexibility index (Phi) is 4.57. The van der Waals surface area contributed by atoms with Gasteiger partial charge in [0.15, 0.2) is 5.52 Å². The molecule has 1 aromatic heterocycles. The van der Waals surface area contributed by atoms with Gasteiger partial charge in [-0.15, -0.1) is 0 Å². The van der Waals surface area contributed by atoms with Crippen molar-refractivity contribution in [3.8, 4) is 0 Å². The molecule has 132 valence electrons. The number of benzene rings is 1. The summed E-state index contributed by atoms with van der Waals surface area (Å²) < 4.78 is 0. The molecule has 0 saturated carbocycles. The van der Waals surface area contributed by atoms with Crippen LogP contribution in [0.25, 0.3) is 10.9 Å². The second kappa shape index (κ2) is 6.66. The minimum Gasteiger partial charge on any atom is -0.371 e. The molecule has 0 spiro atoms. The van der Waals surface area contributed by atoms with Crippen molar-refractivity contribution in [2.75, 3.05) is 25.0 Å². The predicted octanol–water partition coefficient (Wildman–Crippen LogP) is 2.90. The van der Waals surface area contributed by atoms with Gasteiger partial charge in [-0.1, -0.05) is 12.1 Å². The normalized spacial score (nSPS) is 15.4. The molecule has 0 radical (unpaired) electrons. The predicted molar refractivity (Wildman–Crippen MR) is 96.8 cm³/mol. The summed E-state index contributed by atoms with van der Waals surface area (Å²) in [4.78, 5) is 30.9. The molecule has 0 atom stereocenters. The smallest absolute Gasteiger partial charge is 0.295 e. The van der Waals surface area contributed by atoms with Crippen LogP contribution in [0.1, 0.15) is 25.5 Å². The topological polar surface area (TPSA) is 79.6 Å². The monoisotopic (exact) mass is 342 g/mol. The third-order valence-corrected chi connectivity index (χ3v) is 4.97. The number of aryl methyl sites for hydroxylation is 1. The fourth-order valence-electron chi connectivity index (χ4n) is 3.50. The highest BCUT2D eigenvalue weighted by atomic mass is 16.6. The maximum atomic E-state index is 11.6. The second-order valence-corrected chi connectivity index (χ2v) is 6.56. The molecule has 0 aliphatic carbocycles. The molecule has 1 aromatic carbocycles. The van der Waals surface area contributed by atoms with Crippen LogP contribution in [-0.2, 0) is 4.79 Å². The van der Waals surface area contributed by atoms with Crippen LogP contribution < -0.4 is 4.90 Å². The van der Waals surface area contributed by atoms with E-state index < -0.39 is 0 Å². The Morgan fingerprint density at radius 1 is 1.36 bits per heavy atom. The van der Waals surface area contributed by atoms with Gasteiger partial charge >= 0.3 is 0 Å². The Morgan fingerprint density at radius 2 is 2.04 bits per heavy atom. The number of nitro groups is 1. The van der Waals surface area contributed by atoms with Gasteiger partial charge in [-0.25, -0.2) is 4.98 Å². The molecule has 1 fully saturated rings. The van der Waals surface area contributed by atoms with Crippen LogP contribution in [0.5, 0.6) is 0 Å². The minimum atomic E-state index is -0.382. The molecule has 7 nitrogen and oxygen atoms in total. The number of hydrogen-bond donors (Lipinski definition) is 0. The molecule has 1 saturated heterocycles. The summed E-state index contributed by atoms with van der Waals surface area (Å²) in [6, 6.07) is 7.32. The van der Waals surface area contributed by atoms with Crippen LogP contribution in [0, 0.1) is 17.0 Å². The summed E-state index contributed by atoms with van der Waals surface area (Å²) in [5.74, 6) is 0.0827. The van der Waals surface area contributed by atoms with E-state index in [1.165, 1.54) is 6.07 Å². The van der Waals surface area contributed by atoms with Gasteiger partial charge in [-0.05, 0) is 25.8 Å². The minimum absolute atomic E-state index is 0.0358. The lowest BCUT2D eigenvalue weighted by atomic mass is 10.0. The van der Waals surface area contributed by atoms with Crippen molar-refractivity contribution in [1.82, 2.24) is 9.88 Å². The average molecular weight is 342 g/mol. The molecule has 7 heteroatoms. The van der Waals surface area contributed by atoms with Gasteiger partial charge in [-0.2, -0.15) is 0 Å². The third-order valence-electron chi connectivity index (χ3n) is 4.97. The van der Waals surface area contributed by atoms with E-state index in [0.29, 0.717) is 5.52 Å². The number of para-hydroxylation sites is 1. The van der Waals surface area contributed by atoms with Crippen LogP contribution in [0.15, 0.2) is 24.3 Å². The van der Waals surface area contributed by atoms with Crippen molar-refractivity contribution in [2.24, 2.45) is 0 Å². The van der Waals surface area contributed by atoms with E-state index in [2.05, 4.69) is 9.88 Å². The van der Waals surface area contributed by atoms with Crippen molar-refractivity contribution in [3.05, 3.63) is 40.1 Å². The van der Waals surface area contributed by atoms with Crippen molar-refractivity contribution in [3.63, 3.8) is 0 Å². The number of carbonyl (C=O) groups is 1. The van der Waals surface area contributed by atoms with Gasteiger partial charge in [0.05, 0.1) is 4.92 Å². The zero-order valence-electron chi connectivity index (χ0n) is 14.7. The molecule has 0 unspecified atom stereocenters. The van der Waals surface area contributed by atoms with E-state index in [-0.39, 0.29) is 22.6 Å². The summed E-state index contributed by atoms with van der Waals surface area (Å²) in [7, 11) is 1.85. The first-order chi connectivity index (χ1) is 11.9. The maximum absolute atomic E-state index is 11.6. The van der Waals surface area contributed by atoms with Gasteiger partial charge in [0.1, 0.15) is 0 Å². The average Bonchev–Trinajstić information content (AvgIpc) is 2.59. The molecular formula is C18H22N4O3. The Labute approximate surface area is 146 Å². The number of non-ortho nitro benzene ring substituents is 1. The van der Waals surface area contributed by atoms with Crippen LogP contribution in [0.2, 0.25) is 0 Å². The van der Waals surface area contributed by atoms with Crippen molar-refractivity contribution in [2.45, 2.75) is 32.7 Å². The number of aromatic nitrogens is 1. The lowest BCUT2D eigenvalue weighted by Gasteiger charge is -2.38. The highest BCUT2D eigenvalue weighted by Gasteiger charge is 2.26. The molecule has 2 aromatic rings. The van der Waals surface area contributed by atoms with E-state index in [1.807, 2.05) is 26.1 Å². The Balaban J connectivity index is 1.94. The molecule has 0 N–H and O–H groups in total.